The van der Waals surface area contributed by atoms with Crippen LogP contribution < -0.4 is 5.73 Å². The van der Waals surface area contributed by atoms with Crippen LogP contribution in [0.3, 0.4) is 0 Å². The van der Waals surface area contributed by atoms with Crippen molar-refractivity contribution in [3.63, 3.8) is 0 Å². The smallest absolute Gasteiger partial charge is 0.192 e. The van der Waals surface area contributed by atoms with E-state index in [1.54, 1.807) is 0 Å². The van der Waals surface area contributed by atoms with E-state index in [1.165, 1.54) is 6.33 Å². The highest BCUT2D eigenvalue weighted by molar-refractivity contribution is 14.1. The van der Waals surface area contributed by atoms with Crippen LogP contribution in [0.4, 0.5) is 5.82 Å². The van der Waals surface area contributed by atoms with Crippen LogP contribution in [0.1, 0.15) is 33.4 Å². The maximum Gasteiger partial charge on any atom is 0.192 e. The number of halogens is 1. The number of aromatic nitrogens is 3. The lowest BCUT2D eigenvalue weighted by atomic mass is 9.99. The molecule has 0 aliphatic carbocycles. The third-order valence-electron chi connectivity index (χ3n) is 6.05. The average molecular weight is 520 g/mol. The lowest BCUT2D eigenvalue weighted by Gasteiger charge is -2.42. The average Bonchev–Trinajstić information content (AvgIpc) is 3.13. The van der Waals surface area contributed by atoms with Gasteiger partial charge in [0, 0.05) is 16.2 Å². The molecular weight excluding hydrogens is 491 g/mol. The Morgan fingerprint density at radius 1 is 1.36 bits per heavy atom. The Morgan fingerprint density at radius 3 is 2.57 bits per heavy atom. The van der Waals surface area contributed by atoms with E-state index in [-0.39, 0.29) is 18.3 Å². The lowest BCUT2D eigenvalue weighted by molar-refractivity contribution is -0.146. The van der Waals surface area contributed by atoms with Crippen molar-refractivity contribution >= 4 is 47.8 Å². The second-order valence-corrected chi connectivity index (χ2v) is 14.8. The molecule has 2 aromatic heterocycles. The zero-order chi connectivity index (χ0) is 20.9. The van der Waals surface area contributed by atoms with E-state index in [0.717, 1.165) is 8.96 Å². The zero-order valence-electron chi connectivity index (χ0n) is 16.9. The molecule has 2 atom stereocenters. The second-order valence-electron chi connectivity index (χ2n) is 8.90. The molecule has 1 saturated heterocycles. The number of hydrogen-bond acceptors (Lipinski definition) is 7. The first-order valence-corrected chi connectivity index (χ1v) is 13.3. The van der Waals surface area contributed by atoms with Crippen LogP contribution in [0.2, 0.25) is 18.1 Å². The molecule has 10 heteroatoms. The highest BCUT2D eigenvalue weighted by Gasteiger charge is 2.53. The number of ether oxygens (including phenoxy) is 1. The van der Waals surface area contributed by atoms with Crippen molar-refractivity contribution in [1.82, 2.24) is 14.5 Å². The first kappa shape index (κ1) is 21.9. The fraction of sp³-hybridized carbons (Fsp3) is 0.667. The number of rotatable bonds is 5. The van der Waals surface area contributed by atoms with E-state index < -0.39 is 26.3 Å². The Hall–Kier alpha value is -0.793. The van der Waals surface area contributed by atoms with Crippen molar-refractivity contribution < 1.29 is 19.4 Å². The number of fused-ring (bicyclic) bond motifs is 1. The Labute approximate surface area is 179 Å². The normalized spacial score (nSPS) is 22.9. The van der Waals surface area contributed by atoms with Crippen LogP contribution in [0.25, 0.3) is 11.0 Å². The maximum atomic E-state index is 10.1. The SMILES string of the molecule is CC(C)(C)[Si](C)(C)O[C@H]1C[C@H](n2cc(I)c3c(N)ncnc32)OC1(CO)CO. The predicted octanol–water partition coefficient (Wildman–Crippen LogP) is 2.65. The predicted molar refractivity (Wildman–Crippen MR) is 118 cm³/mol. The van der Waals surface area contributed by atoms with Gasteiger partial charge >= 0.3 is 0 Å². The van der Waals surface area contributed by atoms with Crippen LogP contribution in [0.15, 0.2) is 12.5 Å². The van der Waals surface area contributed by atoms with E-state index in [2.05, 4.69) is 66.4 Å². The molecule has 1 aliphatic rings. The summed E-state index contributed by atoms with van der Waals surface area (Å²) in [5, 5.41) is 21.0. The van der Waals surface area contributed by atoms with E-state index in [4.69, 9.17) is 14.9 Å². The first-order valence-electron chi connectivity index (χ1n) is 9.29. The van der Waals surface area contributed by atoms with Crippen LogP contribution >= 0.6 is 22.6 Å². The third kappa shape index (κ3) is 3.58. The Kier molecular flexibility index (Phi) is 5.85. The van der Waals surface area contributed by atoms with Crippen molar-refractivity contribution in [3.8, 4) is 0 Å². The van der Waals surface area contributed by atoms with Gasteiger partial charge in [-0.1, -0.05) is 20.8 Å². The summed E-state index contributed by atoms with van der Waals surface area (Å²) in [6.45, 7) is 10.1. The van der Waals surface area contributed by atoms with Gasteiger partial charge in [-0.2, -0.15) is 0 Å². The molecule has 1 aliphatic heterocycles. The van der Waals surface area contributed by atoms with Gasteiger partial charge in [0.25, 0.3) is 0 Å². The molecule has 8 nitrogen and oxygen atoms in total. The molecule has 0 radical (unpaired) electrons. The molecule has 0 saturated carbocycles. The number of nitrogen functional groups attached to an aromatic ring is 1. The highest BCUT2D eigenvalue weighted by Crippen LogP contribution is 2.45. The largest absolute Gasteiger partial charge is 0.411 e. The minimum Gasteiger partial charge on any atom is -0.411 e. The summed E-state index contributed by atoms with van der Waals surface area (Å²) in [6.07, 6.45) is 2.97. The summed E-state index contributed by atoms with van der Waals surface area (Å²) in [4.78, 5) is 8.44. The molecule has 1 fully saturated rings. The molecular formula is C18H29IN4O4Si. The molecule has 28 heavy (non-hydrogen) atoms. The topological polar surface area (TPSA) is 116 Å². The van der Waals surface area contributed by atoms with Gasteiger partial charge in [0.2, 0.25) is 0 Å². The summed E-state index contributed by atoms with van der Waals surface area (Å²) in [6, 6.07) is 0. The van der Waals surface area contributed by atoms with Gasteiger partial charge in [0.1, 0.15) is 29.6 Å². The fourth-order valence-corrected chi connectivity index (χ4v) is 5.45. The Balaban J connectivity index is 1.99. The summed E-state index contributed by atoms with van der Waals surface area (Å²) in [7, 11) is -2.14. The van der Waals surface area contributed by atoms with Crippen molar-refractivity contribution in [2.75, 3.05) is 18.9 Å². The van der Waals surface area contributed by atoms with Crippen LogP contribution in [-0.4, -0.2) is 58.0 Å². The van der Waals surface area contributed by atoms with Crippen molar-refractivity contribution in [3.05, 3.63) is 16.1 Å². The van der Waals surface area contributed by atoms with Gasteiger partial charge in [-0.25, -0.2) is 9.97 Å². The van der Waals surface area contributed by atoms with Gasteiger partial charge < -0.3 is 29.7 Å². The van der Waals surface area contributed by atoms with Gasteiger partial charge in [0.15, 0.2) is 8.32 Å². The van der Waals surface area contributed by atoms with Crippen molar-refractivity contribution in [2.45, 2.75) is 63.3 Å². The Bertz CT molecular complexity index is 863. The number of hydrogen-bond donors (Lipinski definition) is 3. The fourth-order valence-electron chi connectivity index (χ4n) is 3.26. The molecule has 0 spiro atoms. The van der Waals surface area contributed by atoms with Gasteiger partial charge in [-0.05, 0) is 40.7 Å². The lowest BCUT2D eigenvalue weighted by Crippen LogP contribution is -2.54. The molecule has 2 aromatic rings. The van der Waals surface area contributed by atoms with Crippen LogP contribution in [0.5, 0.6) is 0 Å². The minimum atomic E-state index is -2.14. The summed E-state index contributed by atoms with van der Waals surface area (Å²) >= 11 is 2.20. The highest BCUT2D eigenvalue weighted by atomic mass is 127. The molecule has 0 aromatic carbocycles. The summed E-state index contributed by atoms with van der Waals surface area (Å²) in [5.74, 6) is 0.413. The van der Waals surface area contributed by atoms with Crippen molar-refractivity contribution in [1.29, 1.82) is 0 Å². The van der Waals surface area contributed by atoms with Crippen LogP contribution in [0, 0.1) is 3.57 Å². The molecule has 3 heterocycles. The molecule has 3 rings (SSSR count). The number of aliphatic hydroxyl groups is 2. The zero-order valence-corrected chi connectivity index (χ0v) is 20.1. The third-order valence-corrected chi connectivity index (χ3v) is 11.4. The van der Waals surface area contributed by atoms with Gasteiger partial charge in [-0.15, -0.1) is 0 Å². The van der Waals surface area contributed by atoms with E-state index in [9.17, 15) is 10.2 Å². The monoisotopic (exact) mass is 520 g/mol. The van der Waals surface area contributed by atoms with Crippen LogP contribution in [-0.2, 0) is 9.16 Å². The molecule has 0 amide bonds. The van der Waals surface area contributed by atoms with Gasteiger partial charge in [0.05, 0.1) is 24.7 Å². The van der Waals surface area contributed by atoms with E-state index in [1.807, 2.05) is 10.8 Å². The number of anilines is 1. The molecule has 4 N–H and O–H groups in total. The molecule has 0 bridgehead atoms. The molecule has 156 valence electrons. The van der Waals surface area contributed by atoms with Crippen molar-refractivity contribution in [2.24, 2.45) is 0 Å². The second kappa shape index (κ2) is 7.47. The maximum absolute atomic E-state index is 10.1. The minimum absolute atomic E-state index is 0.00105. The van der Waals surface area contributed by atoms with Gasteiger partial charge in [-0.3, -0.25) is 0 Å². The number of aliphatic hydroxyl groups excluding tert-OH is 2. The van der Waals surface area contributed by atoms with E-state index >= 15 is 0 Å². The first-order chi connectivity index (χ1) is 13.0. The number of nitrogens with zero attached hydrogens (tertiary/aromatic N) is 3. The summed E-state index contributed by atoms with van der Waals surface area (Å²) in [5.41, 5.74) is 5.52. The number of nitrogens with two attached hydrogens (primary N) is 1. The van der Waals surface area contributed by atoms with E-state index in [0.29, 0.717) is 17.9 Å². The standard InChI is InChI=1S/C18H29IN4O4Si/c1-17(2,3)28(4,5)27-12-6-13(26-18(12,8-24)9-25)23-7-11(19)14-15(20)21-10-22-16(14)23/h7,10,12-13,24-25H,6,8-9H2,1-5H3,(H2,20,21,22)/t12-,13+/m0/s1. The summed E-state index contributed by atoms with van der Waals surface area (Å²) < 4.78 is 15.6. The Morgan fingerprint density at radius 2 is 2.00 bits per heavy atom. The quantitative estimate of drug-likeness (QED) is 0.410. The molecule has 0 unspecified atom stereocenters.